The molecule has 1 saturated carbocycles. The number of nitrogens with one attached hydrogen (secondary N) is 2. The van der Waals surface area contributed by atoms with Gasteiger partial charge >= 0.3 is 0 Å². The molecule has 0 aromatic rings. The molecule has 2 N–H and O–H groups in total. The van der Waals surface area contributed by atoms with Gasteiger partial charge in [-0.1, -0.05) is 19.8 Å². The molecule has 0 atom stereocenters. The summed E-state index contributed by atoms with van der Waals surface area (Å²) >= 11 is 0. The van der Waals surface area contributed by atoms with Gasteiger partial charge in [0, 0.05) is 38.3 Å². The number of guanidine groups is 1. The monoisotopic (exact) mass is 308 g/mol. The average molecular weight is 309 g/mol. The Labute approximate surface area is 137 Å². The fourth-order valence-corrected chi connectivity index (χ4v) is 3.73. The van der Waals surface area contributed by atoms with Crippen molar-refractivity contribution in [1.82, 2.24) is 15.5 Å². The van der Waals surface area contributed by atoms with Crippen LogP contribution in [0.2, 0.25) is 0 Å². The van der Waals surface area contributed by atoms with E-state index in [-0.39, 0.29) is 0 Å². The summed E-state index contributed by atoms with van der Waals surface area (Å²) in [6, 6.07) is 1.24. The number of hydrogen-bond acceptors (Lipinski definition) is 2. The number of rotatable bonds is 5. The van der Waals surface area contributed by atoms with Crippen LogP contribution in [0, 0.1) is 5.41 Å². The van der Waals surface area contributed by atoms with E-state index in [0.717, 1.165) is 19.0 Å². The van der Waals surface area contributed by atoms with Crippen LogP contribution in [0.3, 0.4) is 0 Å². The molecular weight excluding hydrogens is 272 g/mol. The van der Waals surface area contributed by atoms with Gasteiger partial charge in [0.1, 0.15) is 0 Å². The molecule has 1 heterocycles. The van der Waals surface area contributed by atoms with Gasteiger partial charge in [0.2, 0.25) is 0 Å². The van der Waals surface area contributed by atoms with Crippen LogP contribution in [0.1, 0.15) is 66.2 Å². The first-order valence-corrected chi connectivity index (χ1v) is 9.31. The highest BCUT2D eigenvalue weighted by Gasteiger charge is 2.28. The molecule has 0 spiro atoms. The van der Waals surface area contributed by atoms with E-state index in [2.05, 4.69) is 43.2 Å². The van der Waals surface area contributed by atoms with Gasteiger partial charge in [-0.2, -0.15) is 0 Å². The average Bonchev–Trinajstić information content (AvgIpc) is 2.93. The largest absolute Gasteiger partial charge is 0.357 e. The molecule has 0 unspecified atom stereocenters. The zero-order valence-corrected chi connectivity index (χ0v) is 15.1. The summed E-state index contributed by atoms with van der Waals surface area (Å²) in [7, 11) is 0. The molecule has 0 amide bonds. The second-order valence-corrected chi connectivity index (χ2v) is 7.76. The topological polar surface area (TPSA) is 39.7 Å². The van der Waals surface area contributed by atoms with Gasteiger partial charge in [-0.3, -0.25) is 4.99 Å². The minimum atomic E-state index is 0.434. The Bertz CT molecular complexity index is 350. The minimum absolute atomic E-state index is 0.434. The standard InChI is InChI=1S/C18H36N4/c1-5-19-17(20-14-18(4)10-6-7-11-18)21-16-8-12-22(13-9-16)15(2)3/h15-16H,5-14H2,1-4H3,(H2,19,20,21). The van der Waals surface area contributed by atoms with E-state index in [1.165, 1.54) is 51.6 Å². The van der Waals surface area contributed by atoms with E-state index in [1.54, 1.807) is 0 Å². The highest BCUT2D eigenvalue weighted by molar-refractivity contribution is 5.80. The number of hydrogen-bond donors (Lipinski definition) is 2. The summed E-state index contributed by atoms with van der Waals surface area (Å²) in [5.74, 6) is 1.03. The van der Waals surface area contributed by atoms with Gasteiger partial charge in [0.15, 0.2) is 5.96 Å². The van der Waals surface area contributed by atoms with Crippen LogP contribution in [0.25, 0.3) is 0 Å². The van der Waals surface area contributed by atoms with E-state index in [4.69, 9.17) is 4.99 Å². The maximum absolute atomic E-state index is 4.90. The second kappa shape index (κ2) is 8.19. The number of piperidine rings is 1. The first-order chi connectivity index (χ1) is 10.5. The zero-order chi connectivity index (χ0) is 16.0. The Kier molecular flexibility index (Phi) is 6.54. The molecule has 1 aliphatic carbocycles. The maximum Gasteiger partial charge on any atom is 0.191 e. The van der Waals surface area contributed by atoms with Gasteiger partial charge in [0.25, 0.3) is 0 Å². The predicted octanol–water partition coefficient (Wildman–Crippen LogP) is 2.99. The van der Waals surface area contributed by atoms with Crippen LogP contribution < -0.4 is 10.6 Å². The molecule has 1 aliphatic heterocycles. The highest BCUT2D eigenvalue weighted by atomic mass is 15.2. The van der Waals surface area contributed by atoms with Crippen LogP contribution in [0.5, 0.6) is 0 Å². The fourth-order valence-electron chi connectivity index (χ4n) is 3.73. The first-order valence-electron chi connectivity index (χ1n) is 9.31. The summed E-state index contributed by atoms with van der Waals surface area (Å²) in [6.45, 7) is 13.4. The van der Waals surface area contributed by atoms with Crippen molar-refractivity contribution in [3.63, 3.8) is 0 Å². The van der Waals surface area contributed by atoms with Crippen LogP contribution >= 0.6 is 0 Å². The third kappa shape index (κ3) is 5.15. The first kappa shape index (κ1) is 17.6. The van der Waals surface area contributed by atoms with Gasteiger partial charge in [-0.25, -0.2) is 0 Å². The van der Waals surface area contributed by atoms with Crippen molar-refractivity contribution in [2.75, 3.05) is 26.2 Å². The molecule has 22 heavy (non-hydrogen) atoms. The molecule has 4 nitrogen and oxygen atoms in total. The lowest BCUT2D eigenvalue weighted by Crippen LogP contribution is -2.50. The van der Waals surface area contributed by atoms with E-state index in [1.807, 2.05) is 0 Å². The van der Waals surface area contributed by atoms with E-state index in [0.29, 0.717) is 17.5 Å². The number of nitrogens with zero attached hydrogens (tertiary/aromatic N) is 2. The van der Waals surface area contributed by atoms with Crippen molar-refractivity contribution in [2.24, 2.45) is 10.4 Å². The van der Waals surface area contributed by atoms with E-state index in [9.17, 15) is 0 Å². The normalized spacial score (nSPS) is 24.0. The maximum atomic E-state index is 4.90. The van der Waals surface area contributed by atoms with Crippen molar-refractivity contribution < 1.29 is 0 Å². The molecule has 2 rings (SSSR count). The van der Waals surface area contributed by atoms with Crippen molar-refractivity contribution in [2.45, 2.75) is 78.3 Å². The van der Waals surface area contributed by atoms with Gasteiger partial charge in [-0.15, -0.1) is 0 Å². The quantitative estimate of drug-likeness (QED) is 0.606. The third-order valence-corrected chi connectivity index (χ3v) is 5.37. The lowest BCUT2D eigenvalue weighted by Gasteiger charge is -2.35. The Morgan fingerprint density at radius 2 is 1.86 bits per heavy atom. The molecule has 1 saturated heterocycles. The molecule has 2 aliphatic rings. The van der Waals surface area contributed by atoms with Crippen LogP contribution in [-0.4, -0.2) is 49.1 Å². The Morgan fingerprint density at radius 3 is 2.41 bits per heavy atom. The third-order valence-electron chi connectivity index (χ3n) is 5.37. The SMILES string of the molecule is CCNC(=NCC1(C)CCCC1)NC1CCN(C(C)C)CC1. The molecule has 2 fully saturated rings. The van der Waals surface area contributed by atoms with E-state index < -0.39 is 0 Å². The summed E-state index contributed by atoms with van der Waals surface area (Å²) in [6.07, 6.45) is 7.87. The fraction of sp³-hybridized carbons (Fsp3) is 0.944. The van der Waals surface area contributed by atoms with E-state index >= 15 is 0 Å². The molecule has 0 aromatic carbocycles. The van der Waals surface area contributed by atoms with Crippen molar-refractivity contribution in [1.29, 1.82) is 0 Å². The molecule has 0 radical (unpaired) electrons. The smallest absolute Gasteiger partial charge is 0.191 e. The van der Waals surface area contributed by atoms with Crippen molar-refractivity contribution in [3.05, 3.63) is 0 Å². The van der Waals surface area contributed by atoms with Crippen molar-refractivity contribution >= 4 is 5.96 Å². The summed E-state index contributed by atoms with van der Waals surface area (Å²) in [5.41, 5.74) is 0.434. The summed E-state index contributed by atoms with van der Waals surface area (Å²) in [5, 5.41) is 7.10. The van der Waals surface area contributed by atoms with Crippen LogP contribution in [0.15, 0.2) is 4.99 Å². The number of likely N-dealkylation sites (tertiary alicyclic amines) is 1. The predicted molar refractivity (Wildman–Crippen MR) is 95.4 cm³/mol. The Hall–Kier alpha value is -0.770. The zero-order valence-electron chi connectivity index (χ0n) is 15.1. The molecular formula is C18H36N4. The molecule has 128 valence electrons. The number of aliphatic imine (C=N–C) groups is 1. The van der Waals surface area contributed by atoms with Crippen LogP contribution in [-0.2, 0) is 0 Å². The van der Waals surface area contributed by atoms with Crippen molar-refractivity contribution in [3.8, 4) is 0 Å². The highest BCUT2D eigenvalue weighted by Crippen LogP contribution is 2.37. The Balaban J connectivity index is 1.83. The van der Waals surface area contributed by atoms with Gasteiger partial charge < -0.3 is 15.5 Å². The lowest BCUT2D eigenvalue weighted by atomic mass is 9.89. The molecule has 0 aromatic heterocycles. The molecule has 0 bridgehead atoms. The van der Waals surface area contributed by atoms with Gasteiger partial charge in [-0.05, 0) is 51.9 Å². The summed E-state index contributed by atoms with van der Waals surface area (Å²) in [4.78, 5) is 7.47. The Morgan fingerprint density at radius 1 is 1.23 bits per heavy atom. The van der Waals surface area contributed by atoms with Crippen LogP contribution in [0.4, 0.5) is 0 Å². The minimum Gasteiger partial charge on any atom is -0.357 e. The second-order valence-electron chi connectivity index (χ2n) is 7.76. The lowest BCUT2D eigenvalue weighted by molar-refractivity contribution is 0.167. The summed E-state index contributed by atoms with van der Waals surface area (Å²) < 4.78 is 0. The molecule has 4 heteroatoms. The van der Waals surface area contributed by atoms with Gasteiger partial charge in [0.05, 0.1) is 0 Å².